The second-order valence-electron chi connectivity index (χ2n) is 4.61. The number of carbonyl (C=O) groups is 1. The lowest BCUT2D eigenvalue weighted by molar-refractivity contribution is 0.0934. The van der Waals surface area contributed by atoms with Gasteiger partial charge in [0.25, 0.3) is 0 Å². The number of hydrogen-bond donors (Lipinski definition) is 0. The molecule has 20 heavy (non-hydrogen) atoms. The first-order chi connectivity index (χ1) is 9.68. The Hall–Kier alpha value is -2.36. The molecule has 2 rings (SSSR count). The summed E-state index contributed by atoms with van der Waals surface area (Å²) in [5, 5.41) is 0. The molecular weight excluding hydrogens is 252 g/mol. The van der Waals surface area contributed by atoms with Gasteiger partial charge in [0.2, 0.25) is 0 Å². The van der Waals surface area contributed by atoms with Crippen molar-refractivity contribution >= 4 is 6.09 Å². The predicted molar refractivity (Wildman–Crippen MR) is 77.0 cm³/mol. The van der Waals surface area contributed by atoms with E-state index >= 15 is 0 Å². The topological polar surface area (TPSA) is 42.4 Å². The van der Waals surface area contributed by atoms with E-state index in [-0.39, 0.29) is 18.7 Å². The van der Waals surface area contributed by atoms with Crippen molar-refractivity contribution < 1.29 is 9.53 Å². The monoisotopic (exact) mass is 270 g/mol. The van der Waals surface area contributed by atoms with Gasteiger partial charge in [0, 0.05) is 19.4 Å². The van der Waals surface area contributed by atoms with Crippen LogP contribution in [0.1, 0.15) is 24.1 Å². The van der Waals surface area contributed by atoms with E-state index in [0.29, 0.717) is 0 Å². The van der Waals surface area contributed by atoms with Crippen molar-refractivity contribution in [3.63, 3.8) is 0 Å². The highest BCUT2D eigenvalue weighted by Crippen LogP contribution is 2.18. The maximum Gasteiger partial charge on any atom is 0.410 e. The van der Waals surface area contributed by atoms with Crippen LogP contribution >= 0.6 is 0 Å². The van der Waals surface area contributed by atoms with Crippen LogP contribution in [-0.4, -0.2) is 23.0 Å². The van der Waals surface area contributed by atoms with E-state index in [1.165, 1.54) is 0 Å². The summed E-state index contributed by atoms with van der Waals surface area (Å²) in [6.07, 6.45) is 3.10. The number of rotatable bonds is 4. The molecule has 0 saturated carbocycles. The number of amides is 1. The molecule has 1 atom stereocenters. The highest BCUT2D eigenvalue weighted by atomic mass is 16.6. The molecule has 1 heterocycles. The Morgan fingerprint density at radius 2 is 1.85 bits per heavy atom. The summed E-state index contributed by atoms with van der Waals surface area (Å²) in [5.74, 6) is 0. The first kappa shape index (κ1) is 14.1. The van der Waals surface area contributed by atoms with Gasteiger partial charge in [-0.25, -0.2) is 4.79 Å². The summed E-state index contributed by atoms with van der Waals surface area (Å²) in [5.41, 5.74) is 2.00. The Bertz CT molecular complexity index is 543. The third-order valence-corrected chi connectivity index (χ3v) is 3.26. The van der Waals surface area contributed by atoms with Crippen LogP contribution < -0.4 is 0 Å². The van der Waals surface area contributed by atoms with Crippen LogP contribution in [0.5, 0.6) is 0 Å². The second kappa shape index (κ2) is 6.70. The molecule has 0 radical (unpaired) electrons. The molecule has 4 nitrogen and oxygen atoms in total. The number of ether oxygens (including phenoxy) is 1. The minimum Gasteiger partial charge on any atom is -0.445 e. The van der Waals surface area contributed by atoms with E-state index in [9.17, 15) is 4.79 Å². The van der Waals surface area contributed by atoms with Gasteiger partial charge in [-0.15, -0.1) is 0 Å². The van der Waals surface area contributed by atoms with Gasteiger partial charge in [-0.3, -0.25) is 4.98 Å². The fraction of sp³-hybridized carbons (Fsp3) is 0.250. The number of pyridine rings is 1. The molecule has 1 amide bonds. The van der Waals surface area contributed by atoms with Crippen molar-refractivity contribution in [3.05, 3.63) is 66.0 Å². The van der Waals surface area contributed by atoms with E-state index in [2.05, 4.69) is 4.98 Å². The Balaban J connectivity index is 1.92. The highest BCUT2D eigenvalue weighted by Gasteiger charge is 2.18. The maximum atomic E-state index is 12.0. The number of nitrogens with zero attached hydrogens (tertiary/aromatic N) is 2. The third-order valence-electron chi connectivity index (χ3n) is 3.26. The van der Waals surface area contributed by atoms with Gasteiger partial charge in [-0.1, -0.05) is 30.3 Å². The zero-order valence-corrected chi connectivity index (χ0v) is 11.7. The number of aromatic nitrogens is 1. The Labute approximate surface area is 119 Å². The minimum absolute atomic E-state index is 0.0544. The molecule has 0 spiro atoms. The number of benzene rings is 1. The average Bonchev–Trinajstić information content (AvgIpc) is 2.53. The Morgan fingerprint density at radius 1 is 1.20 bits per heavy atom. The lowest BCUT2D eigenvalue weighted by Crippen LogP contribution is -2.30. The van der Waals surface area contributed by atoms with E-state index < -0.39 is 0 Å². The summed E-state index contributed by atoms with van der Waals surface area (Å²) < 4.78 is 5.30. The van der Waals surface area contributed by atoms with Crippen molar-refractivity contribution in [2.45, 2.75) is 19.6 Å². The highest BCUT2D eigenvalue weighted by molar-refractivity contribution is 5.67. The molecule has 1 aromatic carbocycles. The Kier molecular flexibility index (Phi) is 4.71. The number of carbonyl (C=O) groups excluding carboxylic acids is 1. The van der Waals surface area contributed by atoms with Crippen LogP contribution in [0.2, 0.25) is 0 Å². The van der Waals surface area contributed by atoms with E-state index in [4.69, 9.17) is 4.74 Å². The molecular formula is C16H18N2O2. The second-order valence-corrected chi connectivity index (χ2v) is 4.61. The maximum absolute atomic E-state index is 12.0. The van der Waals surface area contributed by atoms with Crippen LogP contribution in [0.15, 0.2) is 54.9 Å². The average molecular weight is 270 g/mol. The SMILES string of the molecule is CC(c1ccncc1)N(C)C(=O)OCc1ccccc1. The lowest BCUT2D eigenvalue weighted by atomic mass is 10.1. The minimum atomic E-state index is -0.335. The summed E-state index contributed by atoms with van der Waals surface area (Å²) in [7, 11) is 1.73. The molecule has 0 aliphatic heterocycles. The fourth-order valence-corrected chi connectivity index (χ4v) is 1.84. The molecule has 0 aliphatic carbocycles. The third kappa shape index (κ3) is 3.57. The fourth-order valence-electron chi connectivity index (χ4n) is 1.84. The smallest absolute Gasteiger partial charge is 0.410 e. The van der Waals surface area contributed by atoms with Crippen LogP contribution in [0.4, 0.5) is 4.79 Å². The molecule has 0 saturated heterocycles. The van der Waals surface area contributed by atoms with Crippen LogP contribution in [0.3, 0.4) is 0 Å². The molecule has 1 aromatic heterocycles. The zero-order chi connectivity index (χ0) is 14.4. The molecule has 0 fully saturated rings. The van der Waals surface area contributed by atoms with Crippen molar-refractivity contribution in [1.82, 2.24) is 9.88 Å². The van der Waals surface area contributed by atoms with Crippen LogP contribution in [0.25, 0.3) is 0 Å². The molecule has 1 unspecified atom stereocenters. The lowest BCUT2D eigenvalue weighted by Gasteiger charge is -2.24. The van der Waals surface area contributed by atoms with Gasteiger partial charge < -0.3 is 9.64 Å². The van der Waals surface area contributed by atoms with E-state index in [1.807, 2.05) is 49.4 Å². The van der Waals surface area contributed by atoms with Crippen molar-refractivity contribution in [2.75, 3.05) is 7.05 Å². The van der Waals surface area contributed by atoms with Crippen molar-refractivity contribution in [1.29, 1.82) is 0 Å². The zero-order valence-electron chi connectivity index (χ0n) is 11.7. The largest absolute Gasteiger partial charge is 0.445 e. The van der Waals surface area contributed by atoms with Crippen molar-refractivity contribution in [2.24, 2.45) is 0 Å². The van der Waals surface area contributed by atoms with Gasteiger partial charge in [0.1, 0.15) is 6.61 Å². The van der Waals surface area contributed by atoms with Gasteiger partial charge >= 0.3 is 6.09 Å². The van der Waals surface area contributed by atoms with Crippen LogP contribution in [0, 0.1) is 0 Å². The molecule has 4 heteroatoms. The molecule has 0 bridgehead atoms. The van der Waals surface area contributed by atoms with E-state index in [0.717, 1.165) is 11.1 Å². The quantitative estimate of drug-likeness (QED) is 0.855. The Morgan fingerprint density at radius 3 is 2.50 bits per heavy atom. The van der Waals surface area contributed by atoms with Gasteiger partial charge in [-0.2, -0.15) is 0 Å². The van der Waals surface area contributed by atoms with Crippen molar-refractivity contribution in [3.8, 4) is 0 Å². The summed E-state index contributed by atoms with van der Waals surface area (Å²) in [6.45, 7) is 2.24. The summed E-state index contributed by atoms with van der Waals surface area (Å²) in [6, 6.07) is 13.4. The van der Waals surface area contributed by atoms with E-state index in [1.54, 1.807) is 24.3 Å². The van der Waals surface area contributed by atoms with Gasteiger partial charge in [0.15, 0.2) is 0 Å². The normalized spacial score (nSPS) is 11.7. The first-order valence-corrected chi connectivity index (χ1v) is 6.52. The summed E-state index contributed by atoms with van der Waals surface area (Å²) in [4.78, 5) is 17.6. The number of hydrogen-bond acceptors (Lipinski definition) is 3. The van der Waals surface area contributed by atoms with Gasteiger partial charge in [-0.05, 0) is 30.2 Å². The summed E-state index contributed by atoms with van der Waals surface area (Å²) >= 11 is 0. The molecule has 0 N–H and O–H groups in total. The predicted octanol–water partition coefficient (Wildman–Crippen LogP) is 3.41. The van der Waals surface area contributed by atoms with Crippen LogP contribution in [-0.2, 0) is 11.3 Å². The first-order valence-electron chi connectivity index (χ1n) is 6.52. The standard InChI is InChI=1S/C16H18N2O2/c1-13(15-8-10-17-11-9-15)18(2)16(19)20-12-14-6-4-3-5-7-14/h3-11,13H,12H2,1-2H3. The molecule has 104 valence electrons. The molecule has 2 aromatic rings. The molecule has 0 aliphatic rings. The van der Waals surface area contributed by atoms with Gasteiger partial charge in [0.05, 0.1) is 6.04 Å².